The number of hydrogen-bond donors (Lipinski definition) is 0. The number of hydrogen-bond acceptors (Lipinski definition) is 1. The van der Waals surface area contributed by atoms with E-state index in [2.05, 4.69) is 18.0 Å². The van der Waals surface area contributed by atoms with Crippen molar-refractivity contribution in [1.29, 1.82) is 0 Å². The maximum absolute atomic E-state index is 5.59. The highest BCUT2D eigenvalue weighted by Gasteiger charge is 2.15. The third-order valence-electron chi connectivity index (χ3n) is 3.10. The lowest BCUT2D eigenvalue weighted by Crippen LogP contribution is -2.31. The van der Waals surface area contributed by atoms with Crippen LogP contribution < -0.4 is 0 Å². The molecule has 0 saturated heterocycles. The average molecular weight is 216 g/mol. The molecule has 1 aliphatic carbocycles. The first-order chi connectivity index (χ1) is 6.84. The minimum atomic E-state index is 0.637. The molecule has 1 nitrogen and oxygen atoms in total. The second-order valence-electron chi connectivity index (χ2n) is 4.21. The van der Waals surface area contributed by atoms with Crippen molar-refractivity contribution in [3.8, 4) is 0 Å². The van der Waals surface area contributed by atoms with Crippen molar-refractivity contribution in [3.63, 3.8) is 0 Å². The largest absolute Gasteiger partial charge is 0.300 e. The molecule has 14 heavy (non-hydrogen) atoms. The molecule has 2 heteroatoms. The highest BCUT2D eigenvalue weighted by molar-refractivity contribution is 6.18. The van der Waals surface area contributed by atoms with Crippen LogP contribution in [0.2, 0.25) is 0 Å². The quantitative estimate of drug-likeness (QED) is 0.395. The van der Waals surface area contributed by atoms with Crippen LogP contribution in [-0.4, -0.2) is 30.4 Å². The van der Waals surface area contributed by atoms with Gasteiger partial charge in [-0.1, -0.05) is 37.8 Å². The summed E-state index contributed by atoms with van der Waals surface area (Å²) in [6.07, 6.45) is 12.7. The molecule has 1 rings (SSSR count). The lowest BCUT2D eigenvalue weighted by atomic mass is 10.1. The fourth-order valence-electron chi connectivity index (χ4n) is 2.15. The number of alkyl halides is 1. The standard InChI is InChI=1S/C12H22ClN/c1-14(11-7-6-10-13)12-8-4-2-3-5-9-12/h6-7,12H,2-5,8-11H2,1H3. The summed E-state index contributed by atoms with van der Waals surface area (Å²) < 4.78 is 0. The van der Waals surface area contributed by atoms with E-state index in [0.29, 0.717) is 5.88 Å². The molecule has 1 fully saturated rings. The van der Waals surface area contributed by atoms with E-state index < -0.39 is 0 Å². The molecule has 0 aromatic carbocycles. The summed E-state index contributed by atoms with van der Waals surface area (Å²) in [4.78, 5) is 2.47. The van der Waals surface area contributed by atoms with E-state index in [1.807, 2.05) is 6.08 Å². The molecule has 0 amide bonds. The summed E-state index contributed by atoms with van der Waals surface area (Å²) in [6, 6.07) is 0.803. The first-order valence-corrected chi connectivity index (χ1v) is 6.29. The molecule has 0 N–H and O–H groups in total. The van der Waals surface area contributed by atoms with Gasteiger partial charge in [0.1, 0.15) is 0 Å². The Balaban J connectivity index is 2.26. The predicted octanol–water partition coefficient (Wildman–Crippen LogP) is 3.44. The van der Waals surface area contributed by atoms with Crippen molar-refractivity contribution < 1.29 is 0 Å². The molecule has 0 aromatic rings. The number of rotatable bonds is 4. The lowest BCUT2D eigenvalue weighted by molar-refractivity contribution is 0.243. The second-order valence-corrected chi connectivity index (χ2v) is 4.52. The van der Waals surface area contributed by atoms with Gasteiger partial charge in [-0.15, -0.1) is 11.6 Å². The Bertz CT molecular complexity index is 160. The zero-order chi connectivity index (χ0) is 10.2. The van der Waals surface area contributed by atoms with E-state index in [-0.39, 0.29) is 0 Å². The molecule has 0 radical (unpaired) electrons. The van der Waals surface area contributed by atoms with Crippen molar-refractivity contribution in [2.24, 2.45) is 0 Å². The van der Waals surface area contributed by atoms with Gasteiger partial charge < -0.3 is 0 Å². The molecular formula is C12H22ClN. The number of allylic oxidation sites excluding steroid dienone is 1. The average Bonchev–Trinajstić information content (AvgIpc) is 2.46. The Labute approximate surface area is 93.1 Å². The topological polar surface area (TPSA) is 3.24 Å². The Hall–Kier alpha value is -0.0100. The van der Waals surface area contributed by atoms with E-state index >= 15 is 0 Å². The Morgan fingerprint density at radius 3 is 2.36 bits per heavy atom. The van der Waals surface area contributed by atoms with E-state index in [4.69, 9.17) is 11.6 Å². The van der Waals surface area contributed by atoms with Gasteiger partial charge in [-0.3, -0.25) is 4.90 Å². The van der Waals surface area contributed by atoms with Gasteiger partial charge in [0.25, 0.3) is 0 Å². The SMILES string of the molecule is CN(CC=CCCl)C1CCCCCC1. The molecule has 0 atom stereocenters. The van der Waals surface area contributed by atoms with Crippen molar-refractivity contribution >= 4 is 11.6 Å². The van der Waals surface area contributed by atoms with Gasteiger partial charge in [0, 0.05) is 18.5 Å². The Morgan fingerprint density at radius 1 is 1.14 bits per heavy atom. The zero-order valence-electron chi connectivity index (χ0n) is 9.21. The number of nitrogens with zero attached hydrogens (tertiary/aromatic N) is 1. The summed E-state index contributed by atoms with van der Waals surface area (Å²) >= 11 is 5.59. The molecule has 0 unspecified atom stereocenters. The monoisotopic (exact) mass is 215 g/mol. The third kappa shape index (κ3) is 4.47. The summed E-state index contributed by atoms with van der Waals surface area (Å²) in [5.41, 5.74) is 0. The van der Waals surface area contributed by atoms with Crippen molar-refractivity contribution in [2.45, 2.75) is 44.6 Å². The summed E-state index contributed by atoms with van der Waals surface area (Å²) in [5, 5.41) is 0. The molecule has 0 aromatic heterocycles. The van der Waals surface area contributed by atoms with E-state index in [0.717, 1.165) is 12.6 Å². The summed E-state index contributed by atoms with van der Waals surface area (Å²) in [7, 11) is 2.23. The van der Waals surface area contributed by atoms with Crippen LogP contribution in [-0.2, 0) is 0 Å². The van der Waals surface area contributed by atoms with Gasteiger partial charge in [0.15, 0.2) is 0 Å². The van der Waals surface area contributed by atoms with Crippen molar-refractivity contribution in [1.82, 2.24) is 4.90 Å². The highest BCUT2D eigenvalue weighted by Crippen LogP contribution is 2.20. The van der Waals surface area contributed by atoms with Gasteiger partial charge >= 0.3 is 0 Å². The second kappa shape index (κ2) is 7.30. The highest BCUT2D eigenvalue weighted by atomic mass is 35.5. The molecule has 0 aliphatic heterocycles. The maximum atomic E-state index is 5.59. The van der Waals surface area contributed by atoms with E-state index in [9.17, 15) is 0 Å². The first-order valence-electron chi connectivity index (χ1n) is 5.76. The molecule has 1 aliphatic rings. The van der Waals surface area contributed by atoms with Gasteiger partial charge in [-0.2, -0.15) is 0 Å². The van der Waals surface area contributed by atoms with Crippen LogP contribution in [0.5, 0.6) is 0 Å². The van der Waals surface area contributed by atoms with Gasteiger partial charge in [0.2, 0.25) is 0 Å². The normalized spacial score (nSPS) is 20.5. The minimum Gasteiger partial charge on any atom is -0.300 e. The van der Waals surface area contributed by atoms with Crippen LogP contribution in [0.15, 0.2) is 12.2 Å². The summed E-state index contributed by atoms with van der Waals surface area (Å²) in [5.74, 6) is 0.637. The van der Waals surface area contributed by atoms with Crippen LogP contribution in [0.25, 0.3) is 0 Å². The van der Waals surface area contributed by atoms with Gasteiger partial charge in [0.05, 0.1) is 0 Å². The van der Waals surface area contributed by atoms with Gasteiger partial charge in [-0.25, -0.2) is 0 Å². The van der Waals surface area contributed by atoms with Crippen LogP contribution in [0, 0.1) is 0 Å². The van der Waals surface area contributed by atoms with E-state index in [1.54, 1.807) is 0 Å². The summed E-state index contributed by atoms with van der Waals surface area (Å²) in [6.45, 7) is 1.05. The van der Waals surface area contributed by atoms with Crippen LogP contribution >= 0.6 is 11.6 Å². The molecule has 82 valence electrons. The first kappa shape index (κ1) is 12.1. The molecular weight excluding hydrogens is 194 g/mol. The molecule has 0 bridgehead atoms. The maximum Gasteiger partial charge on any atom is 0.0404 e. The van der Waals surface area contributed by atoms with Crippen molar-refractivity contribution in [3.05, 3.63) is 12.2 Å². The van der Waals surface area contributed by atoms with Crippen LogP contribution in [0.3, 0.4) is 0 Å². The minimum absolute atomic E-state index is 0.637. The fraction of sp³-hybridized carbons (Fsp3) is 0.833. The van der Waals surface area contributed by atoms with E-state index in [1.165, 1.54) is 38.5 Å². The lowest BCUT2D eigenvalue weighted by Gasteiger charge is -2.25. The Morgan fingerprint density at radius 2 is 1.79 bits per heavy atom. The zero-order valence-corrected chi connectivity index (χ0v) is 9.97. The number of halogens is 1. The van der Waals surface area contributed by atoms with Crippen LogP contribution in [0.4, 0.5) is 0 Å². The third-order valence-corrected chi connectivity index (χ3v) is 3.28. The number of likely N-dealkylation sites (N-methyl/N-ethyl adjacent to an activating group) is 1. The Kier molecular flexibility index (Phi) is 6.29. The molecule has 0 heterocycles. The smallest absolute Gasteiger partial charge is 0.0404 e. The molecule has 1 saturated carbocycles. The predicted molar refractivity (Wildman–Crippen MR) is 64.0 cm³/mol. The fourth-order valence-corrected chi connectivity index (χ4v) is 2.28. The van der Waals surface area contributed by atoms with Crippen LogP contribution in [0.1, 0.15) is 38.5 Å². The van der Waals surface area contributed by atoms with Gasteiger partial charge in [-0.05, 0) is 19.9 Å². The van der Waals surface area contributed by atoms with Crippen molar-refractivity contribution in [2.75, 3.05) is 19.5 Å². The molecule has 0 spiro atoms.